The zero-order valence-corrected chi connectivity index (χ0v) is 11.8. The maximum Gasteiger partial charge on any atom is 0.223 e. The van der Waals surface area contributed by atoms with E-state index in [2.05, 4.69) is 6.92 Å². The minimum absolute atomic E-state index is 0.192. The largest absolute Gasteiger partial charge is 0.389 e. The number of amides is 1. The number of aliphatic hydroxyl groups is 1. The number of nitrogens with zero attached hydrogens (tertiary/aromatic N) is 1. The Kier molecular flexibility index (Phi) is 7.02. The molecule has 1 N–H and O–H groups in total. The lowest BCUT2D eigenvalue weighted by Gasteiger charge is -2.33. The van der Waals surface area contributed by atoms with Crippen LogP contribution in [0.2, 0.25) is 0 Å². The van der Waals surface area contributed by atoms with Crippen molar-refractivity contribution >= 4 is 5.91 Å². The van der Waals surface area contributed by atoms with Gasteiger partial charge in [0.05, 0.1) is 12.1 Å². The smallest absolute Gasteiger partial charge is 0.223 e. The van der Waals surface area contributed by atoms with Gasteiger partial charge >= 0.3 is 0 Å². The average molecular weight is 253 g/mol. The van der Waals surface area contributed by atoms with E-state index in [0.29, 0.717) is 6.42 Å². The summed E-state index contributed by atoms with van der Waals surface area (Å²) in [6.45, 7) is 4.94. The van der Waals surface area contributed by atoms with Gasteiger partial charge in [-0.05, 0) is 26.2 Å². The first-order valence-corrected chi connectivity index (χ1v) is 7.34. The summed E-state index contributed by atoms with van der Waals surface area (Å²) in [5, 5.41) is 9.84. The van der Waals surface area contributed by atoms with Gasteiger partial charge in [0, 0.05) is 13.0 Å². The van der Waals surface area contributed by atoms with Crippen LogP contribution in [0.4, 0.5) is 0 Å². The van der Waals surface area contributed by atoms with Crippen molar-refractivity contribution in [2.45, 2.75) is 70.9 Å². The highest BCUT2D eigenvalue weighted by Gasteiger charge is 2.24. The molecule has 1 rings (SSSR count). The van der Waals surface area contributed by atoms with Crippen molar-refractivity contribution in [3.8, 4) is 0 Å². The first-order chi connectivity index (χ1) is 8.69. The molecule has 3 nitrogen and oxygen atoms in total. The van der Waals surface area contributed by atoms with Gasteiger partial charge in [-0.25, -0.2) is 0 Å². The van der Waals surface area contributed by atoms with Gasteiger partial charge in [-0.15, -0.1) is 0 Å². The fraction of sp³-hybridized carbons (Fsp3) is 0.800. The zero-order chi connectivity index (χ0) is 13.4. The number of piperidine rings is 1. The lowest BCUT2D eigenvalue weighted by Crippen LogP contribution is -2.42. The number of unbranched alkanes of at least 4 members (excludes halogenated alkanes) is 2. The predicted molar refractivity (Wildman–Crippen MR) is 74.3 cm³/mol. The molecule has 0 radical (unpaired) electrons. The monoisotopic (exact) mass is 253 g/mol. The van der Waals surface area contributed by atoms with E-state index in [1.807, 2.05) is 24.0 Å². The van der Waals surface area contributed by atoms with Crippen molar-refractivity contribution in [2.24, 2.45) is 0 Å². The van der Waals surface area contributed by atoms with E-state index in [9.17, 15) is 9.90 Å². The van der Waals surface area contributed by atoms with Gasteiger partial charge in [-0.3, -0.25) is 4.79 Å². The van der Waals surface area contributed by atoms with Gasteiger partial charge in [-0.1, -0.05) is 38.3 Å². The third kappa shape index (κ3) is 4.81. The van der Waals surface area contributed by atoms with E-state index < -0.39 is 0 Å². The van der Waals surface area contributed by atoms with Crippen LogP contribution in [0.3, 0.4) is 0 Å². The van der Waals surface area contributed by atoms with Crippen LogP contribution in [0.1, 0.15) is 58.8 Å². The normalized spacial score (nSPS) is 22.7. The van der Waals surface area contributed by atoms with Crippen LogP contribution in [-0.4, -0.2) is 34.6 Å². The second-order valence-electron chi connectivity index (χ2n) is 5.09. The third-order valence-electron chi connectivity index (χ3n) is 3.61. The minimum atomic E-state index is -0.354. The zero-order valence-electron chi connectivity index (χ0n) is 11.8. The molecule has 1 aliphatic heterocycles. The lowest BCUT2D eigenvalue weighted by molar-refractivity contribution is -0.134. The molecular weight excluding hydrogens is 226 g/mol. The summed E-state index contributed by atoms with van der Waals surface area (Å²) >= 11 is 0. The second-order valence-corrected chi connectivity index (χ2v) is 5.09. The summed E-state index contributed by atoms with van der Waals surface area (Å²) in [4.78, 5) is 13.6. The molecule has 18 heavy (non-hydrogen) atoms. The van der Waals surface area contributed by atoms with Crippen LogP contribution in [0.5, 0.6) is 0 Å². The van der Waals surface area contributed by atoms with Crippen molar-refractivity contribution in [1.29, 1.82) is 0 Å². The van der Waals surface area contributed by atoms with Gasteiger partial charge in [0.15, 0.2) is 0 Å². The number of hydrogen-bond acceptors (Lipinski definition) is 2. The molecule has 1 heterocycles. The summed E-state index contributed by atoms with van der Waals surface area (Å²) in [6.07, 6.45) is 10.5. The number of rotatable bonds is 7. The number of aliphatic hydroxyl groups excluding tert-OH is 1. The van der Waals surface area contributed by atoms with E-state index >= 15 is 0 Å². The Balaban J connectivity index is 2.41. The van der Waals surface area contributed by atoms with Crippen LogP contribution in [0.25, 0.3) is 0 Å². The standard InChI is InChI=1S/C15H27NO2/c1-3-5-6-9-14(17)12-11-13-8-7-10-15(18)16(13)4-2/h11-14,17H,3-10H2,1-2H3/b12-11+/t13-,14?/m1/s1. The lowest BCUT2D eigenvalue weighted by atomic mass is 10.00. The van der Waals surface area contributed by atoms with Gasteiger partial charge in [0.2, 0.25) is 5.91 Å². The molecule has 1 aliphatic rings. The SMILES string of the molecule is CCCCCC(O)/C=C/[C@H]1CCCC(=O)N1CC. The van der Waals surface area contributed by atoms with Gasteiger partial charge in [0.25, 0.3) is 0 Å². The van der Waals surface area contributed by atoms with Crippen LogP contribution in [-0.2, 0) is 4.79 Å². The molecule has 1 fully saturated rings. The Morgan fingerprint density at radius 2 is 2.22 bits per heavy atom. The van der Waals surface area contributed by atoms with Gasteiger partial charge in [0.1, 0.15) is 0 Å². The van der Waals surface area contributed by atoms with Crippen LogP contribution >= 0.6 is 0 Å². The molecule has 1 amide bonds. The second kappa shape index (κ2) is 8.30. The molecule has 0 aromatic rings. The number of likely N-dealkylation sites (N-methyl/N-ethyl adjacent to an activating group) is 1. The summed E-state index contributed by atoms with van der Waals surface area (Å²) in [5.41, 5.74) is 0. The Bertz CT molecular complexity index is 276. The minimum Gasteiger partial charge on any atom is -0.389 e. The first-order valence-electron chi connectivity index (χ1n) is 7.34. The topological polar surface area (TPSA) is 40.5 Å². The van der Waals surface area contributed by atoms with Crippen molar-refractivity contribution in [1.82, 2.24) is 4.90 Å². The summed E-state index contributed by atoms with van der Waals surface area (Å²) < 4.78 is 0. The number of hydrogen-bond donors (Lipinski definition) is 1. The molecule has 0 bridgehead atoms. The van der Waals surface area contributed by atoms with E-state index in [1.165, 1.54) is 12.8 Å². The molecule has 1 saturated heterocycles. The highest BCUT2D eigenvalue weighted by atomic mass is 16.3. The average Bonchev–Trinajstić information content (AvgIpc) is 2.36. The van der Waals surface area contributed by atoms with Crippen molar-refractivity contribution in [3.05, 3.63) is 12.2 Å². The maximum atomic E-state index is 11.7. The summed E-state index contributed by atoms with van der Waals surface area (Å²) in [6, 6.07) is 0.192. The van der Waals surface area contributed by atoms with E-state index in [1.54, 1.807) is 0 Å². The fourth-order valence-electron chi connectivity index (χ4n) is 2.51. The highest BCUT2D eigenvalue weighted by molar-refractivity contribution is 5.77. The molecule has 0 saturated carbocycles. The van der Waals surface area contributed by atoms with E-state index in [-0.39, 0.29) is 18.1 Å². The molecule has 104 valence electrons. The Labute approximate surface area is 111 Å². The number of likely N-dealkylation sites (tertiary alicyclic amines) is 1. The van der Waals surface area contributed by atoms with Crippen molar-refractivity contribution in [2.75, 3.05) is 6.54 Å². The van der Waals surface area contributed by atoms with Crippen molar-refractivity contribution < 1.29 is 9.90 Å². The Morgan fingerprint density at radius 1 is 1.44 bits per heavy atom. The molecule has 2 atom stereocenters. The Hall–Kier alpha value is -0.830. The summed E-state index contributed by atoms with van der Waals surface area (Å²) in [7, 11) is 0. The number of carbonyl (C=O) groups is 1. The maximum absolute atomic E-state index is 11.7. The molecule has 0 spiro atoms. The van der Waals surface area contributed by atoms with Crippen LogP contribution < -0.4 is 0 Å². The van der Waals surface area contributed by atoms with E-state index in [0.717, 1.165) is 32.2 Å². The van der Waals surface area contributed by atoms with E-state index in [4.69, 9.17) is 0 Å². The molecule has 0 aromatic heterocycles. The molecule has 1 unspecified atom stereocenters. The molecular formula is C15H27NO2. The Morgan fingerprint density at radius 3 is 2.89 bits per heavy atom. The highest BCUT2D eigenvalue weighted by Crippen LogP contribution is 2.19. The van der Waals surface area contributed by atoms with Crippen LogP contribution in [0.15, 0.2) is 12.2 Å². The predicted octanol–water partition coefficient (Wildman–Crippen LogP) is 2.88. The fourth-order valence-corrected chi connectivity index (χ4v) is 2.51. The molecule has 3 heteroatoms. The summed E-state index contributed by atoms with van der Waals surface area (Å²) in [5.74, 6) is 0.249. The van der Waals surface area contributed by atoms with Crippen molar-refractivity contribution in [3.63, 3.8) is 0 Å². The molecule has 0 aliphatic carbocycles. The third-order valence-corrected chi connectivity index (χ3v) is 3.61. The van der Waals surface area contributed by atoms with Crippen LogP contribution in [0, 0.1) is 0 Å². The van der Waals surface area contributed by atoms with Gasteiger partial charge < -0.3 is 10.0 Å². The van der Waals surface area contributed by atoms with Gasteiger partial charge in [-0.2, -0.15) is 0 Å². The molecule has 0 aromatic carbocycles. The number of carbonyl (C=O) groups excluding carboxylic acids is 1. The first kappa shape index (κ1) is 15.2. The quantitative estimate of drug-likeness (QED) is 0.560.